The first-order chi connectivity index (χ1) is 8.24. The molecule has 0 aliphatic heterocycles. The van der Waals surface area contributed by atoms with E-state index >= 15 is 0 Å². The first-order valence-corrected chi connectivity index (χ1v) is 6.77. The van der Waals surface area contributed by atoms with Crippen LogP contribution in [-0.4, -0.2) is 11.7 Å². The van der Waals surface area contributed by atoms with Crippen LogP contribution in [0.15, 0.2) is 18.2 Å². The summed E-state index contributed by atoms with van der Waals surface area (Å²) in [5.74, 6) is 1.01. The highest BCUT2D eigenvalue weighted by atomic mass is 16.3. The van der Waals surface area contributed by atoms with E-state index in [4.69, 9.17) is 0 Å². The molecule has 0 aromatic heterocycles. The highest BCUT2D eigenvalue weighted by molar-refractivity contribution is 5.37. The van der Waals surface area contributed by atoms with E-state index in [-0.39, 0.29) is 11.5 Å². The number of rotatable bonds is 5. The van der Waals surface area contributed by atoms with E-state index in [1.54, 1.807) is 6.07 Å². The van der Waals surface area contributed by atoms with Gasteiger partial charge in [0.15, 0.2) is 0 Å². The fourth-order valence-electron chi connectivity index (χ4n) is 1.75. The molecule has 0 radical (unpaired) electrons. The summed E-state index contributed by atoms with van der Waals surface area (Å²) >= 11 is 0. The molecule has 1 unspecified atom stereocenters. The Hall–Kier alpha value is -1.02. The number of nitrogens with one attached hydrogen (secondary N) is 1. The number of benzene rings is 1. The number of aromatic hydroxyl groups is 1. The SMILES string of the molecule is Cc1ccc(O)c(C(C)NCC(C)(C)C(C)C)c1. The molecule has 18 heavy (non-hydrogen) atoms. The topological polar surface area (TPSA) is 32.3 Å². The molecule has 0 fully saturated rings. The van der Waals surface area contributed by atoms with Crippen LogP contribution < -0.4 is 5.32 Å². The molecular formula is C16H27NO. The van der Waals surface area contributed by atoms with Crippen LogP contribution in [0.5, 0.6) is 5.75 Å². The zero-order chi connectivity index (χ0) is 13.9. The number of hydrogen-bond acceptors (Lipinski definition) is 2. The minimum atomic E-state index is 0.169. The zero-order valence-electron chi connectivity index (χ0n) is 12.5. The second-order valence-electron chi connectivity index (χ2n) is 6.31. The summed E-state index contributed by atoms with van der Waals surface area (Å²) in [6, 6.07) is 5.93. The molecule has 0 saturated heterocycles. The third-order valence-electron chi connectivity index (χ3n) is 4.08. The lowest BCUT2D eigenvalue weighted by Gasteiger charge is -2.31. The minimum absolute atomic E-state index is 0.169. The van der Waals surface area contributed by atoms with Crippen molar-refractivity contribution in [3.63, 3.8) is 0 Å². The maximum atomic E-state index is 9.90. The molecule has 2 N–H and O–H groups in total. The summed E-state index contributed by atoms with van der Waals surface area (Å²) in [6.45, 7) is 14.1. The number of phenolic OH excluding ortho intramolecular Hbond substituents is 1. The van der Waals surface area contributed by atoms with Gasteiger partial charge in [-0.3, -0.25) is 0 Å². The third kappa shape index (κ3) is 3.74. The van der Waals surface area contributed by atoms with Crippen LogP contribution in [0.25, 0.3) is 0 Å². The number of hydrogen-bond donors (Lipinski definition) is 2. The minimum Gasteiger partial charge on any atom is -0.508 e. The first kappa shape index (κ1) is 15.0. The lowest BCUT2D eigenvalue weighted by Crippen LogP contribution is -2.34. The van der Waals surface area contributed by atoms with Crippen LogP contribution in [0.1, 0.15) is 51.8 Å². The smallest absolute Gasteiger partial charge is 0.120 e. The summed E-state index contributed by atoms with van der Waals surface area (Å²) in [5, 5.41) is 13.4. The summed E-state index contributed by atoms with van der Waals surface area (Å²) in [7, 11) is 0. The zero-order valence-corrected chi connectivity index (χ0v) is 12.5. The highest BCUT2D eigenvalue weighted by Crippen LogP contribution is 2.28. The molecule has 0 aliphatic rings. The summed E-state index contributed by atoms with van der Waals surface area (Å²) in [4.78, 5) is 0. The lowest BCUT2D eigenvalue weighted by molar-refractivity contribution is 0.230. The second-order valence-corrected chi connectivity index (χ2v) is 6.31. The van der Waals surface area contributed by atoms with Gasteiger partial charge >= 0.3 is 0 Å². The van der Waals surface area contributed by atoms with E-state index in [2.05, 4.69) is 46.0 Å². The standard InChI is InChI=1S/C16H27NO/c1-11(2)16(5,6)10-17-13(4)14-9-12(3)7-8-15(14)18/h7-9,11,13,17-18H,10H2,1-6H3. The van der Waals surface area contributed by atoms with E-state index in [0.29, 0.717) is 11.7 Å². The van der Waals surface area contributed by atoms with Crippen molar-refractivity contribution in [3.8, 4) is 5.75 Å². The van der Waals surface area contributed by atoms with Crippen molar-refractivity contribution in [2.24, 2.45) is 11.3 Å². The van der Waals surface area contributed by atoms with Gasteiger partial charge in [0.1, 0.15) is 5.75 Å². The van der Waals surface area contributed by atoms with E-state index < -0.39 is 0 Å². The van der Waals surface area contributed by atoms with Crippen LogP contribution in [0, 0.1) is 18.3 Å². The van der Waals surface area contributed by atoms with Crippen molar-refractivity contribution in [2.45, 2.75) is 47.6 Å². The van der Waals surface area contributed by atoms with Crippen molar-refractivity contribution in [1.82, 2.24) is 5.32 Å². The van der Waals surface area contributed by atoms with Crippen LogP contribution in [-0.2, 0) is 0 Å². The molecule has 1 aromatic rings. The molecule has 1 rings (SSSR count). The molecule has 0 amide bonds. The molecule has 0 spiro atoms. The molecule has 1 atom stereocenters. The number of aryl methyl sites for hydroxylation is 1. The summed E-state index contributed by atoms with van der Waals surface area (Å²) in [6.07, 6.45) is 0. The van der Waals surface area contributed by atoms with Gasteiger partial charge in [0.2, 0.25) is 0 Å². The van der Waals surface area contributed by atoms with E-state index in [9.17, 15) is 5.11 Å². The molecule has 0 saturated carbocycles. The molecule has 102 valence electrons. The highest BCUT2D eigenvalue weighted by Gasteiger charge is 2.23. The van der Waals surface area contributed by atoms with Gasteiger partial charge in [-0.05, 0) is 31.2 Å². The maximum absolute atomic E-state index is 9.90. The Morgan fingerprint density at radius 1 is 1.22 bits per heavy atom. The van der Waals surface area contributed by atoms with E-state index in [1.165, 1.54) is 5.56 Å². The molecule has 0 aliphatic carbocycles. The van der Waals surface area contributed by atoms with Crippen molar-refractivity contribution in [1.29, 1.82) is 0 Å². The van der Waals surface area contributed by atoms with Gasteiger partial charge < -0.3 is 10.4 Å². The molecule has 0 bridgehead atoms. The Labute approximate surface area is 111 Å². The Kier molecular flexibility index (Phi) is 4.80. The molecule has 0 heterocycles. The lowest BCUT2D eigenvalue weighted by atomic mass is 9.81. The first-order valence-electron chi connectivity index (χ1n) is 6.77. The average Bonchev–Trinajstić information content (AvgIpc) is 2.29. The molecule has 2 nitrogen and oxygen atoms in total. The molecule has 1 aromatic carbocycles. The van der Waals surface area contributed by atoms with Crippen LogP contribution >= 0.6 is 0 Å². The monoisotopic (exact) mass is 249 g/mol. The quantitative estimate of drug-likeness (QED) is 0.825. The van der Waals surface area contributed by atoms with Gasteiger partial charge in [0.25, 0.3) is 0 Å². The summed E-state index contributed by atoms with van der Waals surface area (Å²) < 4.78 is 0. The van der Waals surface area contributed by atoms with Gasteiger partial charge in [0.05, 0.1) is 0 Å². The Morgan fingerprint density at radius 2 is 1.83 bits per heavy atom. The van der Waals surface area contributed by atoms with E-state index in [1.807, 2.05) is 13.0 Å². The van der Waals surface area contributed by atoms with E-state index in [0.717, 1.165) is 12.1 Å². The van der Waals surface area contributed by atoms with Crippen LogP contribution in [0.2, 0.25) is 0 Å². The van der Waals surface area contributed by atoms with Crippen LogP contribution in [0.3, 0.4) is 0 Å². The fourth-order valence-corrected chi connectivity index (χ4v) is 1.75. The van der Waals surface area contributed by atoms with Gasteiger partial charge in [-0.2, -0.15) is 0 Å². The maximum Gasteiger partial charge on any atom is 0.120 e. The fraction of sp³-hybridized carbons (Fsp3) is 0.625. The van der Waals surface area contributed by atoms with Gasteiger partial charge in [-0.15, -0.1) is 0 Å². The molecular weight excluding hydrogens is 222 g/mol. The Bertz CT molecular complexity index is 396. The second kappa shape index (κ2) is 5.75. The van der Waals surface area contributed by atoms with Gasteiger partial charge in [-0.1, -0.05) is 45.4 Å². The molecule has 2 heteroatoms. The predicted molar refractivity (Wildman–Crippen MR) is 77.9 cm³/mol. The largest absolute Gasteiger partial charge is 0.508 e. The number of phenols is 1. The van der Waals surface area contributed by atoms with Crippen molar-refractivity contribution >= 4 is 0 Å². The normalized spacial score (nSPS) is 13.9. The predicted octanol–water partition coefficient (Wildman–Crippen LogP) is 4.03. The Morgan fingerprint density at radius 3 is 2.39 bits per heavy atom. The average molecular weight is 249 g/mol. The van der Waals surface area contributed by atoms with Crippen molar-refractivity contribution in [3.05, 3.63) is 29.3 Å². The van der Waals surface area contributed by atoms with Crippen molar-refractivity contribution < 1.29 is 5.11 Å². The van der Waals surface area contributed by atoms with Crippen LogP contribution in [0.4, 0.5) is 0 Å². The van der Waals surface area contributed by atoms with Gasteiger partial charge in [0, 0.05) is 18.2 Å². The third-order valence-corrected chi connectivity index (χ3v) is 4.08. The van der Waals surface area contributed by atoms with Crippen molar-refractivity contribution in [2.75, 3.05) is 6.54 Å². The van der Waals surface area contributed by atoms with Gasteiger partial charge in [-0.25, -0.2) is 0 Å². The Balaban J connectivity index is 2.71. The summed E-state index contributed by atoms with van der Waals surface area (Å²) in [5.41, 5.74) is 2.42.